The molecule has 0 aliphatic carbocycles. The van der Waals surface area contributed by atoms with Crippen molar-refractivity contribution in [3.63, 3.8) is 0 Å². The third kappa shape index (κ3) is 10.9. The molecule has 0 unspecified atom stereocenters. The van der Waals surface area contributed by atoms with Gasteiger partial charge >= 0.3 is 10.4 Å². The maximum absolute atomic E-state index is 8.74. The van der Waals surface area contributed by atoms with E-state index in [0.29, 0.717) is 13.2 Å². The van der Waals surface area contributed by atoms with Crippen LogP contribution in [0.3, 0.4) is 0 Å². The van der Waals surface area contributed by atoms with Gasteiger partial charge in [-0.3, -0.25) is 9.11 Å². The first-order valence-corrected chi connectivity index (χ1v) is 5.93. The van der Waals surface area contributed by atoms with Crippen molar-refractivity contribution in [1.29, 1.82) is 0 Å². The lowest BCUT2D eigenvalue weighted by molar-refractivity contribution is 0.327. The monoisotopic (exact) mass is 265 g/mol. The summed E-state index contributed by atoms with van der Waals surface area (Å²) in [5.41, 5.74) is 5.28. The number of rotatable bonds is 4. The molecule has 1 rings (SSSR count). The molecule has 0 saturated heterocycles. The van der Waals surface area contributed by atoms with Crippen molar-refractivity contribution in [2.45, 2.75) is 0 Å². The number of methoxy groups -OCH3 is 1. The Bertz CT molecular complexity index is 394. The Kier molecular flexibility index (Phi) is 7.22. The molecule has 1 aromatic rings. The third-order valence-electron chi connectivity index (χ3n) is 1.45. The molecule has 0 amide bonds. The minimum atomic E-state index is -4.67. The summed E-state index contributed by atoms with van der Waals surface area (Å²) in [5.74, 6) is 1.65. The fourth-order valence-electron chi connectivity index (χ4n) is 0.849. The molecule has 0 bridgehead atoms. The predicted octanol–water partition coefficient (Wildman–Crippen LogP) is 0.380. The second-order valence-electron chi connectivity index (χ2n) is 2.76. The summed E-state index contributed by atoms with van der Waals surface area (Å²) < 4.78 is 41.9. The Morgan fingerprint density at radius 3 is 1.94 bits per heavy atom. The van der Waals surface area contributed by atoms with Crippen molar-refractivity contribution in [2.24, 2.45) is 5.73 Å². The fraction of sp³-hybridized carbons (Fsp3) is 0.333. The second-order valence-corrected chi connectivity index (χ2v) is 3.66. The van der Waals surface area contributed by atoms with E-state index in [1.807, 2.05) is 24.3 Å². The van der Waals surface area contributed by atoms with Crippen LogP contribution in [-0.2, 0) is 10.4 Å². The van der Waals surface area contributed by atoms with E-state index in [9.17, 15) is 0 Å². The highest BCUT2D eigenvalue weighted by molar-refractivity contribution is 7.79. The Morgan fingerprint density at radius 2 is 1.59 bits per heavy atom. The highest BCUT2D eigenvalue weighted by Gasteiger charge is 1.92. The quantitative estimate of drug-likeness (QED) is 0.673. The molecule has 0 radical (unpaired) electrons. The molecular weight excluding hydrogens is 250 g/mol. The van der Waals surface area contributed by atoms with Crippen LogP contribution in [0.2, 0.25) is 0 Å². The summed E-state index contributed by atoms with van der Waals surface area (Å²) >= 11 is 0. The molecule has 0 atom stereocenters. The molecule has 0 aliphatic rings. The van der Waals surface area contributed by atoms with Crippen LogP contribution in [-0.4, -0.2) is 37.8 Å². The lowest BCUT2D eigenvalue weighted by Gasteiger charge is -2.04. The molecule has 4 N–H and O–H groups in total. The predicted molar refractivity (Wildman–Crippen MR) is 61.7 cm³/mol. The van der Waals surface area contributed by atoms with E-state index in [1.165, 1.54) is 0 Å². The van der Waals surface area contributed by atoms with Gasteiger partial charge < -0.3 is 15.2 Å². The molecule has 0 fully saturated rings. The molecule has 0 spiro atoms. The average Bonchev–Trinajstić information content (AvgIpc) is 2.25. The van der Waals surface area contributed by atoms with E-state index in [2.05, 4.69) is 0 Å². The largest absolute Gasteiger partial charge is 0.497 e. The molecule has 7 nitrogen and oxygen atoms in total. The Hall–Kier alpha value is -1.35. The van der Waals surface area contributed by atoms with Crippen LogP contribution >= 0.6 is 0 Å². The van der Waals surface area contributed by atoms with Gasteiger partial charge in [0.25, 0.3) is 0 Å². The molecule has 1 aromatic carbocycles. The van der Waals surface area contributed by atoms with Crippen LogP contribution in [0.5, 0.6) is 11.5 Å². The molecular formula is C9H15NO6S. The molecule has 8 heteroatoms. The van der Waals surface area contributed by atoms with E-state index < -0.39 is 10.4 Å². The summed E-state index contributed by atoms with van der Waals surface area (Å²) in [5, 5.41) is 0. The standard InChI is InChI=1S/C9H13NO2.H2O4S/c1-11-8-2-4-9(5-3-8)12-7-6-10;1-5(2,3)4/h2-5H,6-7,10H2,1H3;(H2,1,2,3,4). The summed E-state index contributed by atoms with van der Waals surface area (Å²) in [7, 11) is -3.03. The van der Waals surface area contributed by atoms with Gasteiger partial charge in [-0.05, 0) is 24.3 Å². The first-order valence-electron chi connectivity index (χ1n) is 4.53. The SMILES string of the molecule is COc1ccc(OCCN)cc1.O=S(=O)(O)O. The zero-order chi connectivity index (χ0) is 13.3. The third-order valence-corrected chi connectivity index (χ3v) is 1.45. The van der Waals surface area contributed by atoms with Crippen LogP contribution in [0, 0.1) is 0 Å². The number of nitrogens with two attached hydrogens (primary N) is 1. The minimum absolute atomic E-state index is 0.534. The van der Waals surface area contributed by atoms with Gasteiger partial charge in [0.15, 0.2) is 0 Å². The average molecular weight is 265 g/mol. The van der Waals surface area contributed by atoms with Gasteiger partial charge in [0, 0.05) is 6.54 Å². The first-order chi connectivity index (χ1) is 7.86. The number of hydrogen-bond donors (Lipinski definition) is 3. The second kappa shape index (κ2) is 7.85. The maximum Gasteiger partial charge on any atom is 0.394 e. The molecule has 0 heterocycles. The van der Waals surface area contributed by atoms with E-state index >= 15 is 0 Å². The lowest BCUT2D eigenvalue weighted by Crippen LogP contribution is -2.10. The fourth-order valence-corrected chi connectivity index (χ4v) is 0.849. The van der Waals surface area contributed by atoms with Crippen LogP contribution in [0.25, 0.3) is 0 Å². The van der Waals surface area contributed by atoms with E-state index in [4.69, 9.17) is 32.7 Å². The van der Waals surface area contributed by atoms with E-state index in [-0.39, 0.29) is 0 Å². The van der Waals surface area contributed by atoms with Gasteiger partial charge in [0.1, 0.15) is 18.1 Å². The summed E-state index contributed by atoms with van der Waals surface area (Å²) in [6.45, 7) is 1.08. The zero-order valence-corrected chi connectivity index (χ0v) is 10.1. The van der Waals surface area contributed by atoms with Crippen LogP contribution < -0.4 is 15.2 Å². The van der Waals surface area contributed by atoms with Crippen molar-refractivity contribution < 1.29 is 27.0 Å². The molecule has 17 heavy (non-hydrogen) atoms. The Balaban J connectivity index is 0.000000437. The van der Waals surface area contributed by atoms with Gasteiger partial charge in [-0.15, -0.1) is 0 Å². The molecule has 0 saturated carbocycles. The topological polar surface area (TPSA) is 119 Å². The Labute approximate surface area is 99.7 Å². The van der Waals surface area contributed by atoms with Crippen molar-refractivity contribution in [3.05, 3.63) is 24.3 Å². The highest BCUT2D eigenvalue weighted by atomic mass is 32.3. The van der Waals surface area contributed by atoms with Crippen LogP contribution in [0.15, 0.2) is 24.3 Å². The summed E-state index contributed by atoms with van der Waals surface area (Å²) in [4.78, 5) is 0. The Morgan fingerprint density at radius 1 is 1.18 bits per heavy atom. The zero-order valence-electron chi connectivity index (χ0n) is 9.24. The molecule has 0 aromatic heterocycles. The van der Waals surface area contributed by atoms with E-state index in [1.54, 1.807) is 7.11 Å². The van der Waals surface area contributed by atoms with Crippen molar-refractivity contribution in [1.82, 2.24) is 0 Å². The van der Waals surface area contributed by atoms with Crippen LogP contribution in [0.1, 0.15) is 0 Å². The first kappa shape index (κ1) is 15.7. The lowest BCUT2D eigenvalue weighted by atomic mass is 10.3. The summed E-state index contributed by atoms with van der Waals surface area (Å²) in [6, 6.07) is 7.42. The van der Waals surface area contributed by atoms with Gasteiger partial charge in [0.2, 0.25) is 0 Å². The smallest absolute Gasteiger partial charge is 0.394 e. The van der Waals surface area contributed by atoms with Crippen LogP contribution in [0.4, 0.5) is 0 Å². The van der Waals surface area contributed by atoms with Gasteiger partial charge in [-0.25, -0.2) is 0 Å². The minimum Gasteiger partial charge on any atom is -0.497 e. The van der Waals surface area contributed by atoms with Gasteiger partial charge in [0.05, 0.1) is 7.11 Å². The molecule has 0 aliphatic heterocycles. The van der Waals surface area contributed by atoms with E-state index in [0.717, 1.165) is 11.5 Å². The van der Waals surface area contributed by atoms with Crippen molar-refractivity contribution >= 4 is 10.4 Å². The number of ether oxygens (including phenoxy) is 2. The number of benzene rings is 1. The highest BCUT2D eigenvalue weighted by Crippen LogP contribution is 2.16. The normalized spacial score (nSPS) is 10.1. The summed E-state index contributed by atoms with van der Waals surface area (Å²) in [6.07, 6.45) is 0. The van der Waals surface area contributed by atoms with Crippen molar-refractivity contribution in [2.75, 3.05) is 20.3 Å². The number of hydrogen-bond acceptors (Lipinski definition) is 5. The van der Waals surface area contributed by atoms with Crippen molar-refractivity contribution in [3.8, 4) is 11.5 Å². The van der Waals surface area contributed by atoms with Gasteiger partial charge in [-0.1, -0.05) is 0 Å². The molecule has 98 valence electrons. The van der Waals surface area contributed by atoms with Gasteiger partial charge in [-0.2, -0.15) is 8.42 Å². The maximum atomic E-state index is 8.74.